The van der Waals surface area contributed by atoms with Crippen molar-refractivity contribution >= 4 is 23.0 Å². The maximum atomic E-state index is 11.1. The highest BCUT2D eigenvalue weighted by Gasteiger charge is 2.30. The summed E-state index contributed by atoms with van der Waals surface area (Å²) in [5.41, 5.74) is 5.60. The zero-order valence-corrected chi connectivity index (χ0v) is 19.5. The van der Waals surface area contributed by atoms with Gasteiger partial charge in [0.25, 0.3) is 0 Å². The van der Waals surface area contributed by atoms with Crippen LogP contribution in [0.2, 0.25) is 0 Å². The van der Waals surface area contributed by atoms with Gasteiger partial charge in [-0.1, -0.05) is 25.1 Å². The van der Waals surface area contributed by atoms with E-state index in [1.54, 1.807) is 0 Å². The van der Waals surface area contributed by atoms with Gasteiger partial charge in [-0.3, -0.25) is 4.79 Å². The van der Waals surface area contributed by atoms with Crippen LogP contribution in [0.5, 0.6) is 11.5 Å². The minimum atomic E-state index is -0.817. The summed E-state index contributed by atoms with van der Waals surface area (Å²) in [5, 5.41) is 21.8. The van der Waals surface area contributed by atoms with Gasteiger partial charge < -0.3 is 24.8 Å². The molecule has 178 valence electrons. The number of ether oxygens (including phenoxy) is 2. The Bertz CT molecular complexity index is 1280. The standard InChI is InChI=1S/C28H27N3O4/c1-2-12-31(21-9-6-18(15-29)7-10-21)25-5-3-4-23-24(17-35-28(23)25)30-20-8-11-22-19(13-27(32)33)16-34-26(22)14-20/h3-11,14,19,24,30H,2,12-13,16-17H2,1H3,(H,32,33)/t19-,24?/m1/s1. The molecule has 2 heterocycles. The van der Waals surface area contributed by atoms with E-state index < -0.39 is 5.97 Å². The Kier molecular flexibility index (Phi) is 6.19. The Morgan fingerprint density at radius 1 is 1.11 bits per heavy atom. The highest BCUT2D eigenvalue weighted by molar-refractivity contribution is 5.73. The van der Waals surface area contributed by atoms with Crippen LogP contribution in [0.15, 0.2) is 60.7 Å². The predicted octanol–water partition coefficient (Wildman–Crippen LogP) is 5.60. The number of para-hydroxylation sites is 1. The number of carboxylic acids is 1. The molecule has 0 aliphatic carbocycles. The summed E-state index contributed by atoms with van der Waals surface area (Å²) in [7, 11) is 0. The van der Waals surface area contributed by atoms with E-state index in [-0.39, 0.29) is 18.4 Å². The molecular weight excluding hydrogens is 442 g/mol. The minimum absolute atomic E-state index is 0.0244. The minimum Gasteiger partial charge on any atom is -0.493 e. The van der Waals surface area contributed by atoms with Crippen molar-refractivity contribution in [3.05, 3.63) is 77.4 Å². The fourth-order valence-corrected chi connectivity index (χ4v) is 4.84. The van der Waals surface area contributed by atoms with E-state index in [2.05, 4.69) is 35.3 Å². The van der Waals surface area contributed by atoms with Crippen molar-refractivity contribution in [1.82, 2.24) is 0 Å². The first kappa shape index (κ1) is 22.6. The van der Waals surface area contributed by atoms with Crippen LogP contribution >= 0.6 is 0 Å². The Hall–Kier alpha value is -4.18. The van der Waals surface area contributed by atoms with Crippen molar-refractivity contribution in [3.8, 4) is 17.6 Å². The molecule has 35 heavy (non-hydrogen) atoms. The third-order valence-electron chi connectivity index (χ3n) is 6.50. The molecule has 2 atom stereocenters. The van der Waals surface area contributed by atoms with Crippen molar-refractivity contribution in [2.24, 2.45) is 0 Å². The number of hydrogen-bond donors (Lipinski definition) is 2. The predicted molar refractivity (Wildman–Crippen MR) is 134 cm³/mol. The summed E-state index contributed by atoms with van der Waals surface area (Å²) >= 11 is 0. The summed E-state index contributed by atoms with van der Waals surface area (Å²) in [6.07, 6.45) is 1.03. The maximum absolute atomic E-state index is 11.1. The van der Waals surface area contributed by atoms with Gasteiger partial charge in [-0.25, -0.2) is 0 Å². The van der Waals surface area contributed by atoms with Gasteiger partial charge in [-0.2, -0.15) is 5.26 Å². The molecule has 0 radical (unpaired) electrons. The van der Waals surface area contributed by atoms with Crippen molar-refractivity contribution in [2.75, 3.05) is 30.0 Å². The van der Waals surface area contributed by atoms with Crippen molar-refractivity contribution in [1.29, 1.82) is 5.26 Å². The SMILES string of the molecule is CCCN(c1ccc(C#N)cc1)c1cccc2c1OCC2Nc1ccc2c(c1)OC[C@H]2CC(=O)O. The van der Waals surface area contributed by atoms with E-state index in [1.807, 2.05) is 48.5 Å². The van der Waals surface area contributed by atoms with E-state index in [9.17, 15) is 4.79 Å². The fraction of sp³-hybridized carbons (Fsp3) is 0.286. The number of carbonyl (C=O) groups is 1. The van der Waals surface area contributed by atoms with Gasteiger partial charge >= 0.3 is 5.97 Å². The number of hydrogen-bond acceptors (Lipinski definition) is 6. The lowest BCUT2D eigenvalue weighted by molar-refractivity contribution is -0.137. The first-order chi connectivity index (χ1) is 17.1. The molecule has 5 rings (SSSR count). The smallest absolute Gasteiger partial charge is 0.304 e. The van der Waals surface area contributed by atoms with Gasteiger partial charge in [0.2, 0.25) is 0 Å². The molecule has 0 spiro atoms. The highest BCUT2D eigenvalue weighted by Crippen LogP contribution is 2.45. The molecule has 0 saturated carbocycles. The average molecular weight is 470 g/mol. The number of nitriles is 1. The Morgan fingerprint density at radius 3 is 2.69 bits per heavy atom. The fourth-order valence-electron chi connectivity index (χ4n) is 4.84. The summed E-state index contributed by atoms with van der Waals surface area (Å²) < 4.78 is 12.0. The first-order valence-electron chi connectivity index (χ1n) is 11.9. The highest BCUT2D eigenvalue weighted by atomic mass is 16.5. The van der Waals surface area contributed by atoms with Crippen molar-refractivity contribution in [2.45, 2.75) is 31.7 Å². The van der Waals surface area contributed by atoms with E-state index in [0.717, 1.165) is 52.7 Å². The molecule has 0 fully saturated rings. The van der Waals surface area contributed by atoms with E-state index in [1.165, 1.54) is 0 Å². The Balaban J connectivity index is 1.39. The van der Waals surface area contributed by atoms with Gasteiger partial charge in [0.15, 0.2) is 0 Å². The van der Waals surface area contributed by atoms with Gasteiger partial charge in [0.05, 0.1) is 36.4 Å². The zero-order chi connectivity index (χ0) is 24.4. The van der Waals surface area contributed by atoms with Gasteiger partial charge in [0.1, 0.15) is 18.1 Å². The van der Waals surface area contributed by atoms with Crippen LogP contribution in [0.3, 0.4) is 0 Å². The van der Waals surface area contributed by atoms with Crippen LogP contribution in [0, 0.1) is 11.3 Å². The van der Waals surface area contributed by atoms with Gasteiger partial charge in [0, 0.05) is 41.0 Å². The number of carboxylic acid groups (broad SMARTS) is 1. The molecule has 2 aliphatic rings. The van der Waals surface area contributed by atoms with E-state index in [0.29, 0.717) is 18.8 Å². The molecule has 0 saturated heterocycles. The van der Waals surface area contributed by atoms with Crippen LogP contribution in [-0.2, 0) is 4.79 Å². The van der Waals surface area contributed by atoms with Crippen molar-refractivity contribution < 1.29 is 19.4 Å². The lowest BCUT2D eigenvalue weighted by Crippen LogP contribution is -2.18. The molecule has 2 aliphatic heterocycles. The number of anilines is 3. The topological polar surface area (TPSA) is 94.8 Å². The number of rotatable bonds is 8. The lowest BCUT2D eigenvalue weighted by atomic mass is 9.97. The number of aliphatic carboxylic acids is 1. The third kappa shape index (κ3) is 4.47. The maximum Gasteiger partial charge on any atom is 0.304 e. The molecule has 0 amide bonds. The van der Waals surface area contributed by atoms with Crippen LogP contribution in [0.1, 0.15) is 48.4 Å². The van der Waals surface area contributed by atoms with Crippen LogP contribution < -0.4 is 19.7 Å². The van der Waals surface area contributed by atoms with Gasteiger partial charge in [-0.05, 0) is 42.8 Å². The number of nitrogens with zero attached hydrogens (tertiary/aromatic N) is 2. The zero-order valence-electron chi connectivity index (χ0n) is 19.5. The summed E-state index contributed by atoms with van der Waals surface area (Å²) in [6.45, 7) is 3.86. The van der Waals surface area contributed by atoms with Gasteiger partial charge in [-0.15, -0.1) is 0 Å². The number of nitrogens with one attached hydrogen (secondary N) is 1. The molecule has 0 aromatic heterocycles. The van der Waals surface area contributed by atoms with Crippen LogP contribution in [-0.4, -0.2) is 30.8 Å². The lowest BCUT2D eigenvalue weighted by Gasteiger charge is -2.26. The molecule has 7 heteroatoms. The molecule has 3 aromatic rings. The van der Waals surface area contributed by atoms with Crippen LogP contribution in [0.25, 0.3) is 0 Å². The first-order valence-corrected chi connectivity index (χ1v) is 11.9. The summed E-state index contributed by atoms with van der Waals surface area (Å²) in [5.74, 6) is 0.675. The summed E-state index contributed by atoms with van der Waals surface area (Å²) in [4.78, 5) is 13.3. The molecule has 0 bridgehead atoms. The van der Waals surface area contributed by atoms with Crippen LogP contribution in [0.4, 0.5) is 17.1 Å². The largest absolute Gasteiger partial charge is 0.493 e. The number of benzene rings is 3. The summed E-state index contributed by atoms with van der Waals surface area (Å²) in [6, 6.07) is 21.8. The second-order valence-electron chi connectivity index (χ2n) is 8.87. The normalized spacial score (nSPS) is 17.5. The monoisotopic (exact) mass is 469 g/mol. The second-order valence-corrected chi connectivity index (χ2v) is 8.87. The van der Waals surface area contributed by atoms with E-state index in [4.69, 9.17) is 19.8 Å². The third-order valence-corrected chi connectivity index (χ3v) is 6.50. The van der Waals surface area contributed by atoms with Crippen molar-refractivity contribution in [3.63, 3.8) is 0 Å². The quantitative estimate of drug-likeness (QED) is 0.443. The molecular formula is C28H27N3O4. The molecule has 7 nitrogen and oxygen atoms in total. The molecule has 2 N–H and O–H groups in total. The Morgan fingerprint density at radius 2 is 1.94 bits per heavy atom. The average Bonchev–Trinajstić information content (AvgIpc) is 3.46. The number of fused-ring (bicyclic) bond motifs is 2. The molecule has 3 aromatic carbocycles. The van der Waals surface area contributed by atoms with E-state index >= 15 is 0 Å². The molecule has 1 unspecified atom stereocenters. The second kappa shape index (κ2) is 9.59. The Labute approximate surface area is 204 Å².